The molecule has 2 rings (SSSR count). The summed E-state index contributed by atoms with van der Waals surface area (Å²) in [4.78, 5) is 27.3. The Bertz CT molecular complexity index is 1080. The third-order valence-corrected chi connectivity index (χ3v) is 6.98. The number of sulfonamides is 1. The van der Waals surface area contributed by atoms with Crippen LogP contribution in [0.2, 0.25) is 10.0 Å². The van der Waals surface area contributed by atoms with Gasteiger partial charge < -0.3 is 10.2 Å². The second-order valence-corrected chi connectivity index (χ2v) is 10.8. The van der Waals surface area contributed by atoms with Crippen LogP contribution in [0.5, 0.6) is 0 Å². The highest BCUT2D eigenvalue weighted by Gasteiger charge is 2.27. The lowest BCUT2D eigenvalue weighted by Crippen LogP contribution is -2.47. The van der Waals surface area contributed by atoms with Gasteiger partial charge in [0, 0.05) is 31.1 Å². The van der Waals surface area contributed by atoms with Crippen LogP contribution in [-0.4, -0.2) is 50.5 Å². The Hall–Kier alpha value is -2.29. The van der Waals surface area contributed by atoms with Gasteiger partial charge >= 0.3 is 0 Å². The van der Waals surface area contributed by atoms with Gasteiger partial charge in [-0.05, 0) is 43.5 Å². The third-order valence-electron chi connectivity index (χ3n) is 5.24. The zero-order valence-corrected chi connectivity index (χ0v) is 22.0. The standard InChI is InChI=1S/C24H31Cl2N3O4S/c1-4-14-27-24(31)18(2)28(17-19-9-6-5-7-10-19)23(30)11-8-15-29(34(3,32)33)22-16-20(25)12-13-21(22)26/h5-7,9-10,12-13,16,18H,4,8,11,14-15,17H2,1-3H3,(H,27,31)/t18-/m0/s1. The number of rotatable bonds is 12. The molecule has 0 unspecified atom stereocenters. The van der Waals surface area contributed by atoms with Crippen LogP contribution < -0.4 is 9.62 Å². The minimum Gasteiger partial charge on any atom is -0.354 e. The van der Waals surface area contributed by atoms with Gasteiger partial charge in [-0.3, -0.25) is 13.9 Å². The Labute approximate surface area is 212 Å². The molecule has 2 aromatic carbocycles. The molecular formula is C24H31Cl2N3O4S. The predicted octanol–water partition coefficient (Wildman–Crippen LogP) is 4.48. The van der Waals surface area contributed by atoms with Gasteiger partial charge in [-0.1, -0.05) is 60.5 Å². The Kier molecular flexibility index (Phi) is 10.7. The first kappa shape index (κ1) is 28.0. The van der Waals surface area contributed by atoms with Gasteiger partial charge in [0.25, 0.3) is 0 Å². The summed E-state index contributed by atoms with van der Waals surface area (Å²) in [5.74, 6) is -0.469. The maximum atomic E-state index is 13.2. The fraction of sp³-hybridized carbons (Fsp3) is 0.417. The molecule has 0 spiro atoms. The number of nitrogens with zero attached hydrogens (tertiary/aromatic N) is 2. The zero-order chi connectivity index (χ0) is 25.3. The number of benzene rings is 2. The molecule has 34 heavy (non-hydrogen) atoms. The van der Waals surface area contributed by atoms with Crippen molar-refractivity contribution in [1.82, 2.24) is 10.2 Å². The molecule has 0 aliphatic carbocycles. The molecule has 186 valence electrons. The summed E-state index contributed by atoms with van der Waals surface area (Å²) in [7, 11) is -3.66. The first-order chi connectivity index (χ1) is 16.0. The van der Waals surface area contributed by atoms with Crippen LogP contribution in [0.1, 0.15) is 38.7 Å². The third kappa shape index (κ3) is 8.18. The lowest BCUT2D eigenvalue weighted by molar-refractivity contribution is -0.140. The topological polar surface area (TPSA) is 86.8 Å². The average molecular weight is 529 g/mol. The Morgan fingerprint density at radius 1 is 1.09 bits per heavy atom. The smallest absolute Gasteiger partial charge is 0.242 e. The van der Waals surface area contributed by atoms with E-state index < -0.39 is 16.1 Å². The van der Waals surface area contributed by atoms with E-state index in [0.717, 1.165) is 22.5 Å². The Morgan fingerprint density at radius 2 is 1.76 bits per heavy atom. The normalized spacial score (nSPS) is 12.1. The monoisotopic (exact) mass is 527 g/mol. The van der Waals surface area contributed by atoms with Crippen LogP contribution in [-0.2, 0) is 26.2 Å². The van der Waals surface area contributed by atoms with Crippen molar-refractivity contribution >= 4 is 50.7 Å². The van der Waals surface area contributed by atoms with Gasteiger partial charge in [0.2, 0.25) is 21.8 Å². The van der Waals surface area contributed by atoms with E-state index in [1.54, 1.807) is 13.0 Å². The van der Waals surface area contributed by atoms with E-state index in [0.29, 0.717) is 11.6 Å². The van der Waals surface area contributed by atoms with Crippen LogP contribution in [0.15, 0.2) is 48.5 Å². The van der Waals surface area contributed by atoms with Crippen molar-refractivity contribution in [1.29, 1.82) is 0 Å². The molecular weight excluding hydrogens is 497 g/mol. The number of amides is 2. The van der Waals surface area contributed by atoms with E-state index in [2.05, 4.69) is 5.32 Å². The fourth-order valence-corrected chi connectivity index (χ4v) is 4.82. The van der Waals surface area contributed by atoms with Gasteiger partial charge in [0.15, 0.2) is 0 Å². The lowest BCUT2D eigenvalue weighted by atomic mass is 10.1. The molecule has 2 amide bonds. The summed E-state index contributed by atoms with van der Waals surface area (Å²) in [5, 5.41) is 3.43. The van der Waals surface area contributed by atoms with E-state index in [4.69, 9.17) is 23.2 Å². The van der Waals surface area contributed by atoms with Crippen LogP contribution in [0.25, 0.3) is 0 Å². The number of hydrogen-bond acceptors (Lipinski definition) is 4. The van der Waals surface area contributed by atoms with Crippen molar-refractivity contribution in [2.24, 2.45) is 0 Å². The molecule has 0 aliphatic heterocycles. The molecule has 0 aromatic heterocycles. The van der Waals surface area contributed by atoms with Gasteiger partial charge in [-0.15, -0.1) is 0 Å². The molecule has 0 aliphatic rings. The minimum absolute atomic E-state index is 0.0419. The van der Waals surface area contributed by atoms with Crippen molar-refractivity contribution < 1.29 is 18.0 Å². The maximum absolute atomic E-state index is 13.2. The number of anilines is 1. The SMILES string of the molecule is CCCNC(=O)[C@H](C)N(Cc1ccccc1)C(=O)CCCN(c1cc(Cl)ccc1Cl)S(C)(=O)=O. The number of halogens is 2. The second-order valence-electron chi connectivity index (χ2n) is 8.01. The Morgan fingerprint density at radius 3 is 2.38 bits per heavy atom. The average Bonchev–Trinajstić information content (AvgIpc) is 2.79. The molecule has 2 aromatic rings. The van der Waals surface area contributed by atoms with E-state index in [9.17, 15) is 18.0 Å². The number of hydrogen-bond donors (Lipinski definition) is 1. The highest BCUT2D eigenvalue weighted by Crippen LogP contribution is 2.31. The van der Waals surface area contributed by atoms with Gasteiger partial charge in [0.1, 0.15) is 6.04 Å². The number of nitrogens with one attached hydrogen (secondary N) is 1. The van der Waals surface area contributed by atoms with Crippen LogP contribution >= 0.6 is 23.2 Å². The van der Waals surface area contributed by atoms with E-state index in [1.165, 1.54) is 17.0 Å². The Balaban J connectivity index is 2.16. The lowest BCUT2D eigenvalue weighted by Gasteiger charge is -2.29. The molecule has 1 N–H and O–H groups in total. The van der Waals surface area contributed by atoms with Gasteiger partial charge in [-0.2, -0.15) is 0 Å². The first-order valence-corrected chi connectivity index (χ1v) is 13.7. The molecule has 0 fully saturated rings. The van der Waals surface area contributed by atoms with Crippen LogP contribution in [0, 0.1) is 0 Å². The van der Waals surface area contributed by atoms with Crippen molar-refractivity contribution in [3.05, 3.63) is 64.1 Å². The van der Waals surface area contributed by atoms with Crippen LogP contribution in [0.3, 0.4) is 0 Å². The quantitative estimate of drug-likeness (QED) is 0.440. The van der Waals surface area contributed by atoms with Gasteiger partial charge in [-0.25, -0.2) is 8.42 Å². The van der Waals surface area contributed by atoms with Gasteiger partial charge in [0.05, 0.1) is 17.0 Å². The molecule has 0 bridgehead atoms. The minimum atomic E-state index is -3.66. The fourth-order valence-electron chi connectivity index (χ4n) is 3.42. The zero-order valence-electron chi connectivity index (χ0n) is 19.6. The largest absolute Gasteiger partial charge is 0.354 e. The summed E-state index contributed by atoms with van der Waals surface area (Å²) in [6, 6.07) is 13.3. The first-order valence-electron chi connectivity index (χ1n) is 11.1. The molecule has 10 heteroatoms. The van der Waals surface area contributed by atoms with Crippen molar-refractivity contribution in [2.45, 2.75) is 45.7 Å². The van der Waals surface area contributed by atoms with E-state index >= 15 is 0 Å². The molecule has 0 saturated heterocycles. The number of carbonyl (C=O) groups is 2. The molecule has 7 nitrogen and oxygen atoms in total. The predicted molar refractivity (Wildman–Crippen MR) is 138 cm³/mol. The molecule has 1 atom stereocenters. The second kappa shape index (κ2) is 13.0. The summed E-state index contributed by atoms with van der Waals surface area (Å²) >= 11 is 12.2. The highest BCUT2D eigenvalue weighted by atomic mass is 35.5. The van der Waals surface area contributed by atoms with Crippen molar-refractivity contribution in [3.8, 4) is 0 Å². The summed E-state index contributed by atoms with van der Waals surface area (Å²) in [6.45, 7) is 4.49. The van der Waals surface area contributed by atoms with E-state index in [1.807, 2.05) is 37.3 Å². The highest BCUT2D eigenvalue weighted by molar-refractivity contribution is 7.92. The summed E-state index contributed by atoms with van der Waals surface area (Å²) in [6.07, 6.45) is 2.16. The maximum Gasteiger partial charge on any atom is 0.242 e. The molecule has 0 radical (unpaired) electrons. The van der Waals surface area contributed by atoms with Crippen molar-refractivity contribution in [3.63, 3.8) is 0 Å². The summed E-state index contributed by atoms with van der Waals surface area (Å²) in [5.41, 5.74) is 1.16. The number of carbonyl (C=O) groups excluding carboxylic acids is 2. The van der Waals surface area contributed by atoms with Crippen LogP contribution in [0.4, 0.5) is 5.69 Å². The molecule has 0 heterocycles. The van der Waals surface area contributed by atoms with E-state index in [-0.39, 0.29) is 48.5 Å². The summed E-state index contributed by atoms with van der Waals surface area (Å²) < 4.78 is 26.0. The molecule has 0 saturated carbocycles. The van der Waals surface area contributed by atoms with Crippen molar-refractivity contribution in [2.75, 3.05) is 23.7 Å².